The summed E-state index contributed by atoms with van der Waals surface area (Å²) in [6.07, 6.45) is 5.39. The van der Waals surface area contributed by atoms with Crippen LogP contribution in [0.5, 0.6) is 11.6 Å². The van der Waals surface area contributed by atoms with Crippen LogP contribution in [-0.2, 0) is 35.2 Å². The van der Waals surface area contributed by atoms with E-state index in [1.807, 2.05) is 29.2 Å². The second kappa shape index (κ2) is 10.8. The lowest BCUT2D eigenvalue weighted by Crippen LogP contribution is -2.44. The number of aromatic nitrogens is 2. The van der Waals surface area contributed by atoms with Gasteiger partial charge in [-0.1, -0.05) is 19.1 Å². The van der Waals surface area contributed by atoms with E-state index in [9.17, 15) is 4.79 Å². The molecule has 2 aliphatic rings. The normalized spacial score (nSPS) is 18.6. The van der Waals surface area contributed by atoms with Gasteiger partial charge in [-0.3, -0.25) is 4.79 Å². The smallest absolute Gasteiger partial charge is 0.223 e. The molecule has 1 atom stereocenters. The highest BCUT2D eigenvalue weighted by Crippen LogP contribution is 2.26. The third kappa shape index (κ3) is 5.57. The topological polar surface area (TPSA) is 73.8 Å². The molecule has 0 radical (unpaired) electrons. The first-order valence-corrected chi connectivity index (χ1v) is 11.7. The number of fused-ring (bicyclic) bond motifs is 1. The number of likely N-dealkylation sites (tertiary alicyclic amines) is 1. The first-order chi connectivity index (χ1) is 15.7. The van der Waals surface area contributed by atoms with Crippen LogP contribution in [0.15, 0.2) is 24.3 Å². The van der Waals surface area contributed by atoms with Crippen molar-refractivity contribution in [3.05, 3.63) is 46.9 Å². The highest BCUT2D eigenvalue weighted by atomic mass is 16.5. The molecule has 1 amide bonds. The molecule has 1 aromatic heterocycles. The second-order valence-corrected chi connectivity index (χ2v) is 8.41. The summed E-state index contributed by atoms with van der Waals surface area (Å²) in [5.41, 5.74) is 3.26. The molecule has 0 spiro atoms. The van der Waals surface area contributed by atoms with Crippen LogP contribution in [0, 0.1) is 0 Å². The lowest BCUT2D eigenvalue weighted by Gasteiger charge is -2.33. The molecule has 1 fully saturated rings. The van der Waals surface area contributed by atoms with Gasteiger partial charge >= 0.3 is 0 Å². The average Bonchev–Trinajstić information content (AvgIpc) is 3.08. The number of nitrogens with zero attached hydrogens (tertiary/aromatic N) is 3. The molecule has 2 aromatic rings. The van der Waals surface area contributed by atoms with Crippen molar-refractivity contribution in [2.75, 3.05) is 33.4 Å². The standard InChI is InChI=1S/C25H33N3O4/c1-3-23-26-22-13-16-31-15-12-21(22)25(27-23)32-20-5-4-14-28(17-20)24(29)11-8-18-6-9-19(30-2)10-7-18/h6-7,9-10,20H,3-5,8,11-17H2,1-2H3. The Labute approximate surface area is 190 Å². The van der Waals surface area contributed by atoms with Crippen LogP contribution in [0.25, 0.3) is 0 Å². The molecule has 3 heterocycles. The average molecular weight is 440 g/mol. The molecule has 1 aromatic carbocycles. The van der Waals surface area contributed by atoms with Crippen molar-refractivity contribution in [3.8, 4) is 11.6 Å². The molecule has 0 aliphatic carbocycles. The predicted octanol–water partition coefficient (Wildman–Crippen LogP) is 3.17. The Balaban J connectivity index is 1.38. The van der Waals surface area contributed by atoms with E-state index in [0.717, 1.165) is 73.5 Å². The fourth-order valence-corrected chi connectivity index (χ4v) is 4.34. The van der Waals surface area contributed by atoms with Crippen molar-refractivity contribution >= 4 is 5.91 Å². The van der Waals surface area contributed by atoms with E-state index in [4.69, 9.17) is 24.2 Å². The lowest BCUT2D eigenvalue weighted by atomic mass is 10.1. The molecule has 0 bridgehead atoms. The van der Waals surface area contributed by atoms with Crippen molar-refractivity contribution in [2.45, 2.75) is 58.0 Å². The molecule has 172 valence electrons. The summed E-state index contributed by atoms with van der Waals surface area (Å²) in [6, 6.07) is 7.91. The number of aryl methyl sites for hydroxylation is 2. The molecule has 0 N–H and O–H groups in total. The number of ether oxygens (including phenoxy) is 3. The van der Waals surface area contributed by atoms with Gasteiger partial charge in [-0.25, -0.2) is 4.98 Å². The zero-order valence-electron chi connectivity index (χ0n) is 19.1. The maximum absolute atomic E-state index is 12.9. The van der Waals surface area contributed by atoms with E-state index in [1.54, 1.807) is 7.11 Å². The molecule has 7 nitrogen and oxygen atoms in total. The monoisotopic (exact) mass is 439 g/mol. The number of rotatable bonds is 7. The summed E-state index contributed by atoms with van der Waals surface area (Å²) in [4.78, 5) is 24.2. The number of hydrogen-bond acceptors (Lipinski definition) is 6. The summed E-state index contributed by atoms with van der Waals surface area (Å²) in [7, 11) is 1.66. The first-order valence-electron chi connectivity index (χ1n) is 11.7. The van der Waals surface area contributed by atoms with E-state index in [2.05, 4.69) is 6.92 Å². The number of amides is 1. The fourth-order valence-electron chi connectivity index (χ4n) is 4.34. The molecule has 4 rings (SSSR count). The quantitative estimate of drug-likeness (QED) is 0.660. The van der Waals surface area contributed by atoms with E-state index in [1.165, 1.54) is 0 Å². The SMILES string of the molecule is CCc1nc2c(c(OC3CCCN(C(=O)CCc4ccc(OC)cc4)C3)n1)CCOCC2. The number of methoxy groups -OCH3 is 1. The van der Waals surface area contributed by atoms with Gasteiger partial charge in [0.25, 0.3) is 0 Å². The maximum atomic E-state index is 12.9. The minimum absolute atomic E-state index is 0.0402. The number of hydrogen-bond donors (Lipinski definition) is 0. The van der Waals surface area contributed by atoms with Crippen LogP contribution in [-0.4, -0.2) is 60.3 Å². The van der Waals surface area contributed by atoms with Gasteiger partial charge in [0.15, 0.2) is 0 Å². The fraction of sp³-hybridized carbons (Fsp3) is 0.560. The number of carbonyl (C=O) groups is 1. The minimum Gasteiger partial charge on any atom is -0.497 e. The molecular formula is C25H33N3O4. The van der Waals surface area contributed by atoms with E-state index in [0.29, 0.717) is 32.1 Å². The summed E-state index contributed by atoms with van der Waals surface area (Å²) in [5, 5.41) is 0. The van der Waals surface area contributed by atoms with E-state index >= 15 is 0 Å². The van der Waals surface area contributed by atoms with Crippen molar-refractivity contribution in [1.82, 2.24) is 14.9 Å². The Morgan fingerprint density at radius 3 is 2.78 bits per heavy atom. The van der Waals surface area contributed by atoms with E-state index < -0.39 is 0 Å². The Hall–Kier alpha value is -2.67. The van der Waals surface area contributed by atoms with Gasteiger partial charge in [0, 0.05) is 37.8 Å². The van der Waals surface area contributed by atoms with Crippen molar-refractivity contribution in [1.29, 1.82) is 0 Å². The third-order valence-electron chi connectivity index (χ3n) is 6.19. The third-order valence-corrected chi connectivity index (χ3v) is 6.19. The van der Waals surface area contributed by atoms with Gasteiger partial charge in [-0.2, -0.15) is 4.98 Å². The molecule has 32 heavy (non-hydrogen) atoms. The van der Waals surface area contributed by atoms with E-state index in [-0.39, 0.29) is 12.0 Å². The van der Waals surface area contributed by atoms with Gasteiger partial charge in [0.2, 0.25) is 11.8 Å². The lowest BCUT2D eigenvalue weighted by molar-refractivity contribution is -0.133. The Morgan fingerprint density at radius 1 is 1.19 bits per heavy atom. The van der Waals surface area contributed by atoms with Gasteiger partial charge in [0.1, 0.15) is 17.7 Å². The van der Waals surface area contributed by atoms with Crippen LogP contribution in [0.4, 0.5) is 0 Å². The number of carbonyl (C=O) groups excluding carboxylic acids is 1. The Morgan fingerprint density at radius 2 is 2.00 bits per heavy atom. The maximum Gasteiger partial charge on any atom is 0.223 e. The summed E-state index contributed by atoms with van der Waals surface area (Å²) in [6.45, 7) is 4.81. The van der Waals surface area contributed by atoms with Crippen molar-refractivity contribution < 1.29 is 19.0 Å². The molecule has 1 unspecified atom stereocenters. The molecular weight excluding hydrogens is 406 g/mol. The van der Waals surface area contributed by atoms with Crippen LogP contribution >= 0.6 is 0 Å². The molecule has 7 heteroatoms. The number of benzene rings is 1. The molecule has 1 saturated heterocycles. The van der Waals surface area contributed by atoms with Gasteiger partial charge in [0.05, 0.1) is 32.6 Å². The highest BCUT2D eigenvalue weighted by molar-refractivity contribution is 5.76. The molecule has 2 aliphatic heterocycles. The molecule has 0 saturated carbocycles. The number of piperidine rings is 1. The first kappa shape index (κ1) is 22.5. The van der Waals surface area contributed by atoms with Crippen LogP contribution in [0.2, 0.25) is 0 Å². The zero-order valence-corrected chi connectivity index (χ0v) is 19.1. The minimum atomic E-state index is -0.0402. The summed E-state index contributed by atoms with van der Waals surface area (Å²) < 4.78 is 17.2. The van der Waals surface area contributed by atoms with Gasteiger partial charge in [-0.05, 0) is 37.0 Å². The summed E-state index contributed by atoms with van der Waals surface area (Å²) >= 11 is 0. The van der Waals surface area contributed by atoms with Gasteiger partial charge < -0.3 is 19.1 Å². The van der Waals surface area contributed by atoms with Crippen LogP contribution in [0.1, 0.15) is 48.8 Å². The van der Waals surface area contributed by atoms with Crippen molar-refractivity contribution in [2.24, 2.45) is 0 Å². The predicted molar refractivity (Wildman–Crippen MR) is 121 cm³/mol. The van der Waals surface area contributed by atoms with Gasteiger partial charge in [-0.15, -0.1) is 0 Å². The highest BCUT2D eigenvalue weighted by Gasteiger charge is 2.27. The largest absolute Gasteiger partial charge is 0.497 e. The van der Waals surface area contributed by atoms with Crippen molar-refractivity contribution in [3.63, 3.8) is 0 Å². The van der Waals surface area contributed by atoms with Crippen LogP contribution < -0.4 is 9.47 Å². The Bertz CT molecular complexity index is 916. The zero-order chi connectivity index (χ0) is 22.3. The second-order valence-electron chi connectivity index (χ2n) is 8.41. The summed E-state index contributed by atoms with van der Waals surface area (Å²) in [5.74, 6) is 2.51. The van der Waals surface area contributed by atoms with Crippen LogP contribution in [0.3, 0.4) is 0 Å². The Kier molecular flexibility index (Phi) is 7.58.